The first kappa shape index (κ1) is 11.6. The average molecular weight is 298 g/mol. The molecule has 1 aromatic carbocycles. The van der Waals surface area contributed by atoms with Crippen LogP contribution in [0.4, 0.5) is 0 Å². The third-order valence-corrected chi connectivity index (χ3v) is 3.89. The lowest BCUT2D eigenvalue weighted by Gasteiger charge is -2.11. The molecule has 2 nitrogen and oxygen atoms in total. The summed E-state index contributed by atoms with van der Waals surface area (Å²) < 4.78 is 6.69. The fraction of sp³-hybridized carbons (Fsp3) is 0.167. The Morgan fingerprint density at radius 3 is 2.56 bits per heavy atom. The van der Waals surface area contributed by atoms with Gasteiger partial charge in [-0.15, -0.1) is 11.3 Å². The van der Waals surface area contributed by atoms with Gasteiger partial charge in [0.2, 0.25) is 0 Å². The fourth-order valence-corrected chi connectivity index (χ4v) is 2.72. The summed E-state index contributed by atoms with van der Waals surface area (Å²) in [6, 6.07) is 13.7. The zero-order valence-corrected chi connectivity index (χ0v) is 11.0. The van der Waals surface area contributed by atoms with Crippen LogP contribution in [0.3, 0.4) is 0 Å². The van der Waals surface area contributed by atoms with Crippen molar-refractivity contribution in [2.24, 2.45) is 5.73 Å². The SMILES string of the molecule is NC(COc1ccccc1)c1ccc(Br)s1. The van der Waals surface area contributed by atoms with Crippen molar-refractivity contribution in [1.82, 2.24) is 0 Å². The Kier molecular flexibility index (Phi) is 3.98. The summed E-state index contributed by atoms with van der Waals surface area (Å²) >= 11 is 5.06. The first-order chi connectivity index (χ1) is 7.75. The molecule has 2 N–H and O–H groups in total. The van der Waals surface area contributed by atoms with Gasteiger partial charge in [0.1, 0.15) is 12.4 Å². The van der Waals surface area contributed by atoms with E-state index in [0.29, 0.717) is 6.61 Å². The van der Waals surface area contributed by atoms with Gasteiger partial charge in [0.15, 0.2) is 0 Å². The van der Waals surface area contributed by atoms with Crippen LogP contribution in [0.2, 0.25) is 0 Å². The smallest absolute Gasteiger partial charge is 0.119 e. The maximum atomic E-state index is 6.02. The van der Waals surface area contributed by atoms with E-state index in [1.807, 2.05) is 42.5 Å². The molecule has 0 bridgehead atoms. The summed E-state index contributed by atoms with van der Waals surface area (Å²) in [5, 5.41) is 0. The van der Waals surface area contributed by atoms with Gasteiger partial charge in [-0.3, -0.25) is 0 Å². The first-order valence-electron chi connectivity index (χ1n) is 4.94. The third-order valence-electron chi connectivity index (χ3n) is 2.13. The molecule has 1 aromatic heterocycles. The third kappa shape index (κ3) is 3.07. The molecule has 1 unspecified atom stereocenters. The second kappa shape index (κ2) is 5.48. The van der Waals surface area contributed by atoms with E-state index >= 15 is 0 Å². The Morgan fingerprint density at radius 1 is 1.19 bits per heavy atom. The Morgan fingerprint density at radius 2 is 1.94 bits per heavy atom. The monoisotopic (exact) mass is 297 g/mol. The molecule has 4 heteroatoms. The van der Waals surface area contributed by atoms with Gasteiger partial charge < -0.3 is 10.5 Å². The molecule has 0 aliphatic carbocycles. The van der Waals surface area contributed by atoms with Crippen molar-refractivity contribution in [3.05, 3.63) is 51.1 Å². The van der Waals surface area contributed by atoms with Crippen molar-refractivity contribution in [1.29, 1.82) is 0 Å². The van der Waals surface area contributed by atoms with Crippen molar-refractivity contribution < 1.29 is 4.74 Å². The number of rotatable bonds is 4. The van der Waals surface area contributed by atoms with Crippen LogP contribution in [0, 0.1) is 0 Å². The van der Waals surface area contributed by atoms with Crippen molar-refractivity contribution in [3.63, 3.8) is 0 Å². The second-order valence-electron chi connectivity index (χ2n) is 3.37. The Labute approximate surface area is 107 Å². The number of hydrogen-bond donors (Lipinski definition) is 1. The molecule has 2 rings (SSSR count). The van der Waals surface area contributed by atoms with Crippen molar-refractivity contribution in [2.75, 3.05) is 6.61 Å². The van der Waals surface area contributed by atoms with Crippen LogP contribution >= 0.6 is 27.3 Å². The predicted molar refractivity (Wildman–Crippen MR) is 70.9 cm³/mol. The Hall–Kier alpha value is -0.840. The van der Waals surface area contributed by atoms with Gasteiger partial charge in [-0.2, -0.15) is 0 Å². The van der Waals surface area contributed by atoms with E-state index < -0.39 is 0 Å². The van der Waals surface area contributed by atoms with Gasteiger partial charge in [0.05, 0.1) is 9.83 Å². The molecule has 2 aromatic rings. The number of halogens is 1. The standard InChI is InChI=1S/C12H12BrNOS/c13-12-7-6-11(16-12)10(14)8-15-9-4-2-1-3-5-9/h1-7,10H,8,14H2. The lowest BCUT2D eigenvalue weighted by atomic mass is 10.3. The number of ether oxygens (including phenoxy) is 1. The van der Waals surface area contributed by atoms with E-state index in [2.05, 4.69) is 15.9 Å². The maximum absolute atomic E-state index is 6.02. The molecule has 84 valence electrons. The van der Waals surface area contributed by atoms with E-state index in [9.17, 15) is 0 Å². The molecule has 0 aliphatic rings. The largest absolute Gasteiger partial charge is 0.492 e. The number of thiophene rings is 1. The number of para-hydroxylation sites is 1. The highest BCUT2D eigenvalue weighted by Crippen LogP contribution is 2.26. The summed E-state index contributed by atoms with van der Waals surface area (Å²) in [5.74, 6) is 0.855. The molecular weight excluding hydrogens is 286 g/mol. The predicted octanol–water partition coefficient (Wildman–Crippen LogP) is 3.59. The number of benzene rings is 1. The van der Waals surface area contributed by atoms with E-state index in [1.165, 1.54) is 0 Å². The van der Waals surface area contributed by atoms with Crippen molar-refractivity contribution >= 4 is 27.3 Å². The van der Waals surface area contributed by atoms with Crippen LogP contribution in [0.1, 0.15) is 10.9 Å². The average Bonchev–Trinajstić information content (AvgIpc) is 2.74. The summed E-state index contributed by atoms with van der Waals surface area (Å²) in [6.07, 6.45) is 0. The van der Waals surface area contributed by atoms with Crippen LogP contribution in [0.25, 0.3) is 0 Å². The highest BCUT2D eigenvalue weighted by Gasteiger charge is 2.09. The molecule has 0 aliphatic heterocycles. The minimum Gasteiger partial charge on any atom is -0.492 e. The van der Waals surface area contributed by atoms with Gasteiger partial charge in [0.25, 0.3) is 0 Å². The Balaban J connectivity index is 1.91. The summed E-state index contributed by atoms with van der Waals surface area (Å²) in [7, 11) is 0. The van der Waals surface area contributed by atoms with Gasteiger partial charge in [-0.1, -0.05) is 18.2 Å². The van der Waals surface area contributed by atoms with Crippen LogP contribution in [0.15, 0.2) is 46.3 Å². The van der Waals surface area contributed by atoms with Gasteiger partial charge >= 0.3 is 0 Å². The van der Waals surface area contributed by atoms with E-state index in [1.54, 1.807) is 11.3 Å². The molecule has 1 atom stereocenters. The quantitative estimate of drug-likeness (QED) is 0.936. The van der Waals surface area contributed by atoms with Gasteiger partial charge in [0, 0.05) is 4.88 Å². The molecule has 0 fully saturated rings. The normalized spacial score (nSPS) is 12.4. The lowest BCUT2D eigenvalue weighted by Crippen LogP contribution is -2.17. The molecule has 0 radical (unpaired) electrons. The molecule has 0 saturated heterocycles. The Bertz CT molecular complexity index is 443. The van der Waals surface area contributed by atoms with E-state index in [-0.39, 0.29) is 6.04 Å². The molecule has 16 heavy (non-hydrogen) atoms. The molecule has 0 saturated carbocycles. The number of hydrogen-bond acceptors (Lipinski definition) is 3. The summed E-state index contributed by atoms with van der Waals surface area (Å²) in [4.78, 5) is 1.13. The molecular formula is C12H12BrNOS. The zero-order valence-electron chi connectivity index (χ0n) is 8.60. The maximum Gasteiger partial charge on any atom is 0.119 e. The lowest BCUT2D eigenvalue weighted by molar-refractivity contribution is 0.292. The minimum absolute atomic E-state index is 0.0727. The topological polar surface area (TPSA) is 35.2 Å². The zero-order chi connectivity index (χ0) is 11.4. The van der Waals surface area contributed by atoms with Crippen molar-refractivity contribution in [2.45, 2.75) is 6.04 Å². The highest BCUT2D eigenvalue weighted by atomic mass is 79.9. The van der Waals surface area contributed by atoms with E-state index in [0.717, 1.165) is 14.4 Å². The highest BCUT2D eigenvalue weighted by molar-refractivity contribution is 9.11. The van der Waals surface area contributed by atoms with Crippen LogP contribution < -0.4 is 10.5 Å². The number of nitrogens with two attached hydrogens (primary N) is 1. The summed E-state index contributed by atoms with van der Waals surface area (Å²) in [6.45, 7) is 0.497. The van der Waals surface area contributed by atoms with Crippen LogP contribution in [0.5, 0.6) is 5.75 Å². The fourth-order valence-electron chi connectivity index (χ4n) is 1.31. The van der Waals surface area contributed by atoms with E-state index in [4.69, 9.17) is 10.5 Å². The van der Waals surface area contributed by atoms with Crippen molar-refractivity contribution in [3.8, 4) is 5.75 Å². The van der Waals surface area contributed by atoms with Crippen LogP contribution in [-0.2, 0) is 0 Å². The van der Waals surface area contributed by atoms with Crippen LogP contribution in [-0.4, -0.2) is 6.61 Å². The molecule has 0 amide bonds. The van der Waals surface area contributed by atoms with Gasteiger partial charge in [-0.05, 0) is 40.2 Å². The summed E-state index contributed by atoms with van der Waals surface area (Å²) in [5.41, 5.74) is 6.02. The minimum atomic E-state index is -0.0727. The molecule has 0 spiro atoms. The second-order valence-corrected chi connectivity index (χ2v) is 5.87. The van der Waals surface area contributed by atoms with Gasteiger partial charge in [-0.25, -0.2) is 0 Å². The first-order valence-corrected chi connectivity index (χ1v) is 6.55. The molecule has 1 heterocycles.